The molecule has 0 spiro atoms. The smallest absolute Gasteiger partial charge is 0.220 e. The third-order valence-corrected chi connectivity index (χ3v) is 11.8. The largest absolute Gasteiger partial charge is 0.394 e. The van der Waals surface area contributed by atoms with Gasteiger partial charge in [0, 0.05) is 6.42 Å². The van der Waals surface area contributed by atoms with Gasteiger partial charge >= 0.3 is 0 Å². The van der Waals surface area contributed by atoms with Gasteiger partial charge in [-0.1, -0.05) is 152 Å². The lowest BCUT2D eigenvalue weighted by Gasteiger charge is -2.46. The van der Waals surface area contributed by atoms with Crippen molar-refractivity contribution in [3.05, 3.63) is 48.6 Å². The number of allylic oxidation sites excluding steroid dienone is 8. The molecule has 366 valence electrons. The SMILES string of the molecule is CC/C=C\C/C=C\C/C=C\C/C=C\CCCCC(=O)NC(COC1OC(CO)C(OC2OC(CO)C(O)C(O)C2O)C(O)C1O)C(O)CCCCCCCCCCCCCCCC. The zero-order chi connectivity index (χ0) is 46.1. The molecule has 12 atom stereocenters. The van der Waals surface area contributed by atoms with Crippen molar-refractivity contribution < 1.29 is 64.6 Å². The van der Waals surface area contributed by atoms with Crippen LogP contribution in [0.1, 0.15) is 162 Å². The second kappa shape index (κ2) is 36.1. The molecule has 0 aromatic heterocycles. The van der Waals surface area contributed by atoms with E-state index in [0.29, 0.717) is 12.8 Å². The number of ether oxygens (including phenoxy) is 4. The lowest BCUT2D eigenvalue weighted by atomic mass is 9.97. The molecule has 2 saturated heterocycles. The first-order valence-corrected chi connectivity index (χ1v) is 24.4. The zero-order valence-corrected chi connectivity index (χ0v) is 38.6. The minimum Gasteiger partial charge on any atom is -0.394 e. The van der Waals surface area contributed by atoms with E-state index in [2.05, 4.69) is 67.8 Å². The van der Waals surface area contributed by atoms with Crippen molar-refractivity contribution in [1.82, 2.24) is 5.32 Å². The fourth-order valence-corrected chi connectivity index (χ4v) is 7.81. The highest BCUT2D eigenvalue weighted by Gasteiger charge is 2.51. The molecule has 2 aliphatic rings. The van der Waals surface area contributed by atoms with Gasteiger partial charge in [-0.05, 0) is 51.4 Å². The average Bonchev–Trinajstić information content (AvgIpc) is 3.28. The monoisotopic (exact) mass is 898 g/mol. The Hall–Kier alpha value is -2.05. The number of aliphatic hydroxyl groups is 8. The van der Waals surface area contributed by atoms with Crippen molar-refractivity contribution in [1.29, 1.82) is 0 Å². The number of carbonyl (C=O) groups is 1. The highest BCUT2D eigenvalue weighted by molar-refractivity contribution is 5.76. The van der Waals surface area contributed by atoms with Crippen LogP contribution in [0.5, 0.6) is 0 Å². The summed E-state index contributed by atoms with van der Waals surface area (Å²) in [6, 6.07) is -0.850. The summed E-state index contributed by atoms with van der Waals surface area (Å²) in [6.07, 6.45) is 24.0. The molecular weight excluding hydrogens is 811 g/mol. The van der Waals surface area contributed by atoms with Crippen LogP contribution < -0.4 is 5.32 Å². The third kappa shape index (κ3) is 23.8. The maximum Gasteiger partial charge on any atom is 0.220 e. The van der Waals surface area contributed by atoms with Crippen LogP contribution in [0.4, 0.5) is 0 Å². The highest BCUT2D eigenvalue weighted by atomic mass is 16.7. The minimum absolute atomic E-state index is 0.250. The Morgan fingerprint density at radius 1 is 0.587 bits per heavy atom. The van der Waals surface area contributed by atoms with Crippen LogP contribution in [0.25, 0.3) is 0 Å². The normalized spacial score (nSPS) is 27.9. The lowest BCUT2D eigenvalue weighted by molar-refractivity contribution is -0.359. The predicted octanol–water partition coefficient (Wildman–Crippen LogP) is 5.71. The van der Waals surface area contributed by atoms with Crippen molar-refractivity contribution >= 4 is 5.91 Å². The molecule has 0 aromatic rings. The van der Waals surface area contributed by atoms with E-state index in [9.17, 15) is 45.6 Å². The van der Waals surface area contributed by atoms with E-state index >= 15 is 0 Å². The molecule has 0 saturated carbocycles. The predicted molar refractivity (Wildman–Crippen MR) is 244 cm³/mol. The van der Waals surface area contributed by atoms with Gasteiger partial charge in [-0.3, -0.25) is 4.79 Å². The molecule has 14 heteroatoms. The summed E-state index contributed by atoms with van der Waals surface area (Å²) in [6.45, 7) is 2.68. The third-order valence-electron chi connectivity index (χ3n) is 11.8. The fraction of sp³-hybridized carbons (Fsp3) is 0.816. The van der Waals surface area contributed by atoms with Gasteiger partial charge in [-0.2, -0.15) is 0 Å². The van der Waals surface area contributed by atoms with Crippen LogP contribution in [0.2, 0.25) is 0 Å². The summed E-state index contributed by atoms with van der Waals surface area (Å²) >= 11 is 0. The molecule has 0 radical (unpaired) electrons. The number of nitrogens with one attached hydrogen (secondary N) is 1. The zero-order valence-electron chi connectivity index (χ0n) is 38.6. The Morgan fingerprint density at radius 2 is 1.10 bits per heavy atom. The van der Waals surface area contributed by atoms with Gasteiger partial charge in [0.15, 0.2) is 12.6 Å². The number of hydrogen-bond donors (Lipinski definition) is 9. The summed E-state index contributed by atoms with van der Waals surface area (Å²) < 4.78 is 22.7. The van der Waals surface area contributed by atoms with Crippen molar-refractivity contribution in [3.63, 3.8) is 0 Å². The number of hydrogen-bond acceptors (Lipinski definition) is 13. The van der Waals surface area contributed by atoms with E-state index in [-0.39, 0.29) is 18.9 Å². The Balaban J connectivity index is 1.88. The van der Waals surface area contributed by atoms with Gasteiger partial charge in [-0.25, -0.2) is 0 Å². The van der Waals surface area contributed by atoms with E-state index in [4.69, 9.17) is 18.9 Å². The quantitative estimate of drug-likeness (QED) is 0.0272. The van der Waals surface area contributed by atoms with Crippen LogP contribution in [0.15, 0.2) is 48.6 Å². The van der Waals surface area contributed by atoms with Gasteiger partial charge < -0.3 is 65.1 Å². The van der Waals surface area contributed by atoms with Crippen LogP contribution in [-0.2, 0) is 23.7 Å². The van der Waals surface area contributed by atoms with Crippen molar-refractivity contribution in [2.24, 2.45) is 0 Å². The summed E-state index contributed by atoms with van der Waals surface area (Å²) in [5, 5.41) is 86.7. The van der Waals surface area contributed by atoms with Gasteiger partial charge in [0.25, 0.3) is 0 Å². The molecule has 1 amide bonds. The number of amides is 1. The molecule has 12 unspecified atom stereocenters. The maximum absolute atomic E-state index is 13.1. The molecule has 2 aliphatic heterocycles. The Kier molecular flexibility index (Phi) is 32.7. The standard InChI is InChI=1S/C49H87NO13/c1-3-5-7-9-11-13-15-17-19-21-23-25-27-29-31-33-41(54)50-37(38(53)32-30-28-26-24-22-20-18-16-14-12-10-8-6-4-2)36-60-48-46(59)44(57)47(40(35-52)62-48)63-49-45(58)43(56)42(55)39(34-51)61-49/h5,7,11,13,17,19,23,25,37-40,42-49,51-53,55-59H,3-4,6,8-10,12,14-16,18,20-22,24,26-36H2,1-2H3,(H,50,54)/b7-5-,13-11-,19-17-,25-23-. The van der Waals surface area contributed by atoms with Gasteiger partial charge in [0.2, 0.25) is 5.91 Å². The molecule has 0 bridgehead atoms. The first-order valence-electron chi connectivity index (χ1n) is 24.4. The highest BCUT2D eigenvalue weighted by Crippen LogP contribution is 2.30. The number of unbranched alkanes of at least 4 members (excludes halogenated alkanes) is 15. The second-order valence-electron chi connectivity index (χ2n) is 17.2. The van der Waals surface area contributed by atoms with Crippen LogP contribution in [0.3, 0.4) is 0 Å². The number of rotatable bonds is 36. The van der Waals surface area contributed by atoms with E-state index in [1.807, 2.05) is 0 Å². The Morgan fingerprint density at radius 3 is 1.65 bits per heavy atom. The summed E-state index contributed by atoms with van der Waals surface area (Å²) in [5.74, 6) is -0.250. The van der Waals surface area contributed by atoms with E-state index in [1.54, 1.807) is 0 Å². The molecule has 9 N–H and O–H groups in total. The van der Waals surface area contributed by atoms with Crippen molar-refractivity contribution in [3.8, 4) is 0 Å². The van der Waals surface area contributed by atoms with Crippen LogP contribution in [-0.4, -0.2) is 140 Å². The number of carbonyl (C=O) groups excluding carboxylic acids is 1. The first-order chi connectivity index (χ1) is 30.6. The van der Waals surface area contributed by atoms with Crippen LogP contribution in [0, 0.1) is 0 Å². The molecule has 14 nitrogen and oxygen atoms in total. The topological polar surface area (TPSA) is 228 Å². The summed E-state index contributed by atoms with van der Waals surface area (Å²) in [7, 11) is 0. The first kappa shape index (κ1) is 57.1. The van der Waals surface area contributed by atoms with Gasteiger partial charge in [0.05, 0.1) is 32.0 Å². The Labute approximate surface area is 378 Å². The number of aliphatic hydroxyl groups excluding tert-OH is 8. The Bertz CT molecular complexity index is 1250. The van der Waals surface area contributed by atoms with Crippen LogP contribution >= 0.6 is 0 Å². The minimum atomic E-state index is -1.79. The molecule has 0 aromatic carbocycles. The molecule has 63 heavy (non-hydrogen) atoms. The molecule has 2 rings (SSSR count). The fourth-order valence-electron chi connectivity index (χ4n) is 7.81. The molecular formula is C49H87NO13. The van der Waals surface area contributed by atoms with Gasteiger partial charge in [0.1, 0.15) is 48.8 Å². The van der Waals surface area contributed by atoms with Crippen molar-refractivity contribution in [2.75, 3.05) is 19.8 Å². The average molecular weight is 898 g/mol. The van der Waals surface area contributed by atoms with Gasteiger partial charge in [-0.15, -0.1) is 0 Å². The second-order valence-corrected chi connectivity index (χ2v) is 17.2. The van der Waals surface area contributed by atoms with E-state index < -0.39 is 86.8 Å². The lowest BCUT2D eigenvalue weighted by Crippen LogP contribution is -2.65. The van der Waals surface area contributed by atoms with E-state index in [0.717, 1.165) is 64.2 Å². The summed E-state index contributed by atoms with van der Waals surface area (Å²) in [4.78, 5) is 13.1. The molecule has 2 fully saturated rings. The molecule has 0 aliphatic carbocycles. The van der Waals surface area contributed by atoms with E-state index in [1.165, 1.54) is 64.2 Å². The maximum atomic E-state index is 13.1. The molecule has 2 heterocycles. The van der Waals surface area contributed by atoms with Crippen molar-refractivity contribution in [2.45, 2.75) is 235 Å². The summed E-state index contributed by atoms with van der Waals surface area (Å²) in [5.41, 5.74) is 0.